The van der Waals surface area contributed by atoms with Crippen LogP contribution in [0.4, 0.5) is 0 Å². The first-order valence-corrected chi connectivity index (χ1v) is 21.9. The molecule has 1 aliphatic heterocycles. The average molecular weight is 873 g/mol. The van der Waals surface area contributed by atoms with E-state index in [9.17, 15) is 5.48 Å². The average Bonchev–Trinajstić information content (AvgIpc) is 4.03. The summed E-state index contributed by atoms with van der Waals surface area (Å²) in [4.78, 5) is 4.84. The standard InChI is InChI=1S/C58H51BN4O3/c1-56(2,3)41-32-33-60-54(34-41)63-50-27-15-14-24-48(50)49-30-29-45(37-52(49)63)64-44-23-16-22-43(36-44)61-38-62(53-35-42(28-31-51(53)61)59-65-57(4,5)58(6,7)66-59)55-46(39-18-10-8-11-19-39)25-17-26-47(55)40-20-12-9-13-21-40/h8-37H,1-7H3/i8D,9D,10D,11D,12D,13D,18D,19D,20D,21D. The number of pyridine rings is 1. The maximum absolute atomic E-state index is 9.18. The first kappa shape index (κ1) is 31.6. The molecular weight excluding hydrogens is 811 g/mol. The molecule has 3 aromatic heterocycles. The van der Waals surface area contributed by atoms with Gasteiger partial charge in [0.1, 0.15) is 17.3 Å². The van der Waals surface area contributed by atoms with Crippen LogP contribution in [0.3, 0.4) is 0 Å². The van der Waals surface area contributed by atoms with Crippen molar-refractivity contribution in [3.05, 3.63) is 194 Å². The number of benzene rings is 7. The zero-order chi connectivity index (χ0) is 54.1. The molecule has 0 bridgehead atoms. The lowest BCUT2D eigenvalue weighted by atomic mass is 9.79. The number of nitrogens with zero attached hydrogens (tertiary/aromatic N) is 4. The van der Waals surface area contributed by atoms with Crippen LogP contribution in [0.2, 0.25) is 0 Å². The summed E-state index contributed by atoms with van der Waals surface area (Å²) >= 11 is 0. The fraction of sp³-hybridized carbons (Fsp3) is 0.172. The van der Waals surface area contributed by atoms with E-state index in [0.29, 0.717) is 33.7 Å². The van der Waals surface area contributed by atoms with Gasteiger partial charge in [-0.15, -0.1) is 0 Å². The second kappa shape index (κ2) is 15.7. The van der Waals surface area contributed by atoms with Crippen molar-refractivity contribution in [2.75, 3.05) is 0 Å². The predicted molar refractivity (Wildman–Crippen MR) is 268 cm³/mol. The maximum atomic E-state index is 9.18. The molecule has 7 nitrogen and oxygen atoms in total. The molecule has 0 radical (unpaired) electrons. The van der Waals surface area contributed by atoms with Crippen molar-refractivity contribution in [2.24, 2.45) is 0 Å². The molecule has 8 heteroatoms. The maximum Gasteiger partial charge on any atom is 0.494 e. The van der Waals surface area contributed by atoms with Crippen molar-refractivity contribution in [3.63, 3.8) is 0 Å². The molecule has 0 amide bonds. The van der Waals surface area contributed by atoms with Crippen LogP contribution in [0.5, 0.6) is 11.5 Å². The largest absolute Gasteiger partial charge is 0.494 e. The zero-order valence-electron chi connectivity index (χ0n) is 47.6. The normalized spacial score (nSPS) is 16.8. The lowest BCUT2D eigenvalue weighted by Crippen LogP contribution is -2.41. The predicted octanol–water partition coefficient (Wildman–Crippen LogP) is 12.9. The van der Waals surface area contributed by atoms with E-state index in [2.05, 4.69) is 55.9 Å². The van der Waals surface area contributed by atoms with E-state index in [4.69, 9.17) is 27.3 Å². The molecule has 0 saturated carbocycles. The molecule has 11 rings (SSSR count). The summed E-state index contributed by atoms with van der Waals surface area (Å²) in [6, 6.07) is 30.8. The third-order valence-electron chi connectivity index (χ3n) is 12.8. The summed E-state index contributed by atoms with van der Waals surface area (Å²) < 4.78 is 114. The molecule has 66 heavy (non-hydrogen) atoms. The molecule has 1 fully saturated rings. The minimum atomic E-state index is -0.825. The van der Waals surface area contributed by atoms with Gasteiger partial charge in [0.25, 0.3) is 6.33 Å². The quantitative estimate of drug-likeness (QED) is 0.0867. The Balaban J connectivity index is 1.13. The SMILES string of the molecule is [2H]c1c([2H])c([2H])c(-c2cccc(-c3c([2H])c([2H])c([2H])c([2H])c3[2H])c2-[n+]2[c-]n(-c3cccc(Oc4ccc5c6ccccc6n(-c6cc(C(C)(C)C)ccn6)c5c4)c3)c3ccc(B4OC(C)(C)C(C)(C)O4)cc32)c([2H])c1[2H]. The highest BCUT2D eigenvalue weighted by atomic mass is 16.7. The topological polar surface area (TPSA) is 54.3 Å². The van der Waals surface area contributed by atoms with E-state index in [1.54, 1.807) is 27.3 Å². The third-order valence-corrected chi connectivity index (χ3v) is 12.8. The Morgan fingerprint density at radius 1 is 0.652 bits per heavy atom. The molecule has 4 heterocycles. The first-order valence-electron chi connectivity index (χ1n) is 26.9. The number of hydrogen-bond acceptors (Lipinski definition) is 4. The van der Waals surface area contributed by atoms with Crippen LogP contribution >= 0.6 is 0 Å². The summed E-state index contributed by atoms with van der Waals surface area (Å²) in [6.07, 6.45) is 5.35. The number of imidazole rings is 1. The highest BCUT2D eigenvalue weighted by molar-refractivity contribution is 6.62. The van der Waals surface area contributed by atoms with Gasteiger partial charge in [-0.25, -0.2) is 4.98 Å². The molecule has 0 spiro atoms. The van der Waals surface area contributed by atoms with Crippen LogP contribution in [-0.2, 0) is 14.7 Å². The van der Waals surface area contributed by atoms with Crippen LogP contribution in [0, 0.1) is 6.33 Å². The molecule has 10 aromatic rings. The van der Waals surface area contributed by atoms with Crippen LogP contribution < -0.4 is 14.8 Å². The van der Waals surface area contributed by atoms with Crippen molar-refractivity contribution < 1.29 is 32.3 Å². The molecule has 0 unspecified atom stereocenters. The molecular formula is C58H51BN4O3. The summed E-state index contributed by atoms with van der Waals surface area (Å²) in [5.74, 6) is 1.84. The Morgan fingerprint density at radius 2 is 1.30 bits per heavy atom. The Bertz CT molecular complexity index is 3910. The lowest BCUT2D eigenvalue weighted by Gasteiger charge is -2.32. The van der Waals surface area contributed by atoms with E-state index in [1.807, 2.05) is 107 Å². The number of para-hydroxylation sites is 2. The van der Waals surface area contributed by atoms with Gasteiger partial charge in [0.05, 0.1) is 58.4 Å². The van der Waals surface area contributed by atoms with Gasteiger partial charge in [0.2, 0.25) is 0 Å². The van der Waals surface area contributed by atoms with Gasteiger partial charge in [-0.05, 0) is 115 Å². The molecule has 1 aliphatic rings. The van der Waals surface area contributed by atoms with Crippen LogP contribution in [0.25, 0.3) is 72.3 Å². The van der Waals surface area contributed by atoms with E-state index >= 15 is 0 Å². The van der Waals surface area contributed by atoms with E-state index in [0.717, 1.165) is 33.2 Å². The number of aromatic nitrogens is 4. The van der Waals surface area contributed by atoms with Crippen molar-refractivity contribution in [1.29, 1.82) is 0 Å². The summed E-state index contributed by atoms with van der Waals surface area (Å²) in [7, 11) is -0.825. The fourth-order valence-electron chi connectivity index (χ4n) is 8.66. The molecule has 0 atom stereocenters. The van der Waals surface area contributed by atoms with Gasteiger partial charge in [-0.1, -0.05) is 142 Å². The summed E-state index contributed by atoms with van der Waals surface area (Å²) in [6.45, 7) is 14.3. The van der Waals surface area contributed by atoms with Crippen molar-refractivity contribution in [3.8, 4) is 50.9 Å². The Morgan fingerprint density at radius 3 is 2.00 bits per heavy atom. The van der Waals surface area contributed by atoms with Gasteiger partial charge in [-0.2, -0.15) is 0 Å². The van der Waals surface area contributed by atoms with Gasteiger partial charge in [0.15, 0.2) is 0 Å². The second-order valence-corrected chi connectivity index (χ2v) is 18.6. The molecule has 0 N–H and O–H groups in total. The number of ether oxygens (including phenoxy) is 1. The Hall–Kier alpha value is -7.26. The molecule has 7 aromatic carbocycles. The molecule has 324 valence electrons. The molecule has 0 aliphatic carbocycles. The number of fused-ring (bicyclic) bond motifs is 4. The minimum Gasteiger partial charge on any atom is -0.458 e. The zero-order valence-corrected chi connectivity index (χ0v) is 37.6. The van der Waals surface area contributed by atoms with Gasteiger partial charge >= 0.3 is 7.12 Å². The minimum absolute atomic E-state index is 0.104. The Kier molecular flexibility index (Phi) is 7.53. The highest BCUT2D eigenvalue weighted by Crippen LogP contribution is 2.39. The van der Waals surface area contributed by atoms with E-state index in [-0.39, 0.29) is 33.4 Å². The first-order chi connectivity index (χ1) is 36.0. The second-order valence-electron chi connectivity index (χ2n) is 18.6. The molecule has 1 saturated heterocycles. The number of rotatable bonds is 8. The van der Waals surface area contributed by atoms with Crippen LogP contribution in [0.1, 0.15) is 67.7 Å². The van der Waals surface area contributed by atoms with Crippen molar-refractivity contribution in [1.82, 2.24) is 14.1 Å². The smallest absolute Gasteiger partial charge is 0.458 e. The van der Waals surface area contributed by atoms with E-state index < -0.39 is 78.7 Å². The monoisotopic (exact) mass is 872 g/mol. The summed E-state index contributed by atoms with van der Waals surface area (Å²) in [5, 5.41) is 2.10. The number of hydrogen-bond donors (Lipinski definition) is 0. The van der Waals surface area contributed by atoms with E-state index in [1.165, 1.54) is 0 Å². The van der Waals surface area contributed by atoms with Crippen LogP contribution in [0.15, 0.2) is 182 Å². The highest BCUT2D eigenvalue weighted by Gasteiger charge is 2.51. The van der Waals surface area contributed by atoms with Gasteiger partial charge in [-0.3, -0.25) is 13.7 Å². The fourth-order valence-corrected chi connectivity index (χ4v) is 8.66. The summed E-state index contributed by atoms with van der Waals surface area (Å²) in [5.41, 5.74) is 3.87. The van der Waals surface area contributed by atoms with Gasteiger partial charge in [0, 0.05) is 23.0 Å². The van der Waals surface area contributed by atoms with Gasteiger partial charge < -0.3 is 14.0 Å². The van der Waals surface area contributed by atoms with Crippen molar-refractivity contribution in [2.45, 2.75) is 65.1 Å². The lowest BCUT2D eigenvalue weighted by molar-refractivity contribution is -0.571. The van der Waals surface area contributed by atoms with Crippen molar-refractivity contribution >= 4 is 45.4 Å². The Labute approximate surface area is 400 Å². The third kappa shape index (κ3) is 7.18. The van der Waals surface area contributed by atoms with Crippen LogP contribution in [-0.4, -0.2) is 32.4 Å².